The molecule has 0 aliphatic carbocycles. The van der Waals surface area contributed by atoms with Crippen LogP contribution >= 0.6 is 0 Å². The number of carbonyl (C=O) groups excluding carboxylic acids is 1. The van der Waals surface area contributed by atoms with Crippen LogP contribution in [0.15, 0.2) is 41.6 Å². The molecule has 0 saturated carbocycles. The Balaban J connectivity index is 2.07. The van der Waals surface area contributed by atoms with E-state index < -0.39 is 44.4 Å². The Hall–Kier alpha value is -2.39. The summed E-state index contributed by atoms with van der Waals surface area (Å²) in [6.07, 6.45) is 2.99. The summed E-state index contributed by atoms with van der Waals surface area (Å²) in [6, 6.07) is 5.00. The van der Waals surface area contributed by atoms with Crippen molar-refractivity contribution in [2.75, 3.05) is 6.61 Å². The summed E-state index contributed by atoms with van der Waals surface area (Å²) in [5.74, 6) is -4.60. The number of hydrogen-bond donors (Lipinski definition) is 1. The zero-order valence-corrected chi connectivity index (χ0v) is 13.0. The molecule has 1 aliphatic heterocycles. The van der Waals surface area contributed by atoms with Gasteiger partial charge in [0.2, 0.25) is 10.0 Å². The predicted molar refractivity (Wildman–Crippen MR) is 78.4 cm³/mol. The molecular weight excluding hydrogens is 342 g/mol. The highest BCUT2D eigenvalue weighted by molar-refractivity contribution is 7.89. The number of rotatable bonds is 3. The van der Waals surface area contributed by atoms with Crippen molar-refractivity contribution in [3.63, 3.8) is 0 Å². The van der Waals surface area contributed by atoms with Gasteiger partial charge in [-0.15, -0.1) is 0 Å². The van der Waals surface area contributed by atoms with Crippen molar-refractivity contribution in [2.45, 2.75) is 16.7 Å². The molecule has 2 N–H and O–H groups in total. The summed E-state index contributed by atoms with van der Waals surface area (Å²) in [5.41, 5.74) is 0.651. The van der Waals surface area contributed by atoms with Crippen LogP contribution < -0.4 is 5.14 Å². The molecule has 2 unspecified atom stereocenters. The standard InChI is InChI=1S/C15H12F2N2O4S/c16-11-4-9(5-12(17)14(11)24(18,21)22)10-7-23-15(20)13(10)8-2-1-3-19-6-8/h1-6,10,13H,7H2,(H2,18,21,22). The van der Waals surface area contributed by atoms with Gasteiger partial charge in [0.25, 0.3) is 0 Å². The lowest BCUT2D eigenvalue weighted by Crippen LogP contribution is -2.18. The van der Waals surface area contributed by atoms with Crippen LogP contribution in [0, 0.1) is 11.6 Å². The van der Waals surface area contributed by atoms with Crippen molar-refractivity contribution in [1.82, 2.24) is 4.98 Å². The number of nitrogens with two attached hydrogens (primary N) is 1. The fraction of sp³-hybridized carbons (Fsp3) is 0.200. The quantitative estimate of drug-likeness (QED) is 0.841. The van der Waals surface area contributed by atoms with Gasteiger partial charge >= 0.3 is 5.97 Å². The molecule has 1 aromatic carbocycles. The lowest BCUT2D eigenvalue weighted by atomic mass is 9.84. The molecule has 126 valence electrons. The average Bonchev–Trinajstić information content (AvgIpc) is 2.87. The molecule has 1 aromatic heterocycles. The first-order valence-corrected chi connectivity index (χ1v) is 8.42. The third-order valence-corrected chi connectivity index (χ3v) is 4.80. The largest absolute Gasteiger partial charge is 0.465 e. The van der Waals surface area contributed by atoms with E-state index in [1.54, 1.807) is 12.1 Å². The molecule has 3 rings (SSSR count). The summed E-state index contributed by atoms with van der Waals surface area (Å²) in [4.78, 5) is 14.7. The Morgan fingerprint density at radius 2 is 1.88 bits per heavy atom. The normalized spacial score (nSPS) is 20.9. The summed E-state index contributed by atoms with van der Waals surface area (Å²) < 4.78 is 55.6. The van der Waals surface area contributed by atoms with Crippen molar-refractivity contribution >= 4 is 16.0 Å². The third kappa shape index (κ3) is 2.87. The number of carbonyl (C=O) groups is 1. The van der Waals surface area contributed by atoms with Gasteiger partial charge in [-0.3, -0.25) is 9.78 Å². The predicted octanol–water partition coefficient (Wildman–Crippen LogP) is 1.43. The Kier molecular flexibility index (Phi) is 4.06. The first-order valence-electron chi connectivity index (χ1n) is 6.87. The molecule has 1 saturated heterocycles. The number of esters is 1. The SMILES string of the molecule is NS(=O)(=O)c1c(F)cc(C2COC(=O)C2c2cccnc2)cc1F. The number of sulfonamides is 1. The number of hydrogen-bond acceptors (Lipinski definition) is 5. The minimum Gasteiger partial charge on any atom is -0.465 e. The van der Waals surface area contributed by atoms with Crippen LogP contribution in [0.2, 0.25) is 0 Å². The molecule has 0 spiro atoms. The maximum absolute atomic E-state index is 14.0. The van der Waals surface area contributed by atoms with E-state index in [0.29, 0.717) is 5.56 Å². The van der Waals surface area contributed by atoms with Gasteiger partial charge in [0, 0.05) is 18.3 Å². The van der Waals surface area contributed by atoms with Gasteiger partial charge in [-0.2, -0.15) is 0 Å². The topological polar surface area (TPSA) is 99.4 Å². The van der Waals surface area contributed by atoms with E-state index in [4.69, 9.17) is 9.88 Å². The van der Waals surface area contributed by atoms with E-state index in [-0.39, 0.29) is 12.2 Å². The number of halogens is 2. The second kappa shape index (κ2) is 5.91. The van der Waals surface area contributed by atoms with Crippen LogP contribution in [-0.2, 0) is 19.6 Å². The Bertz CT molecular complexity index is 880. The highest BCUT2D eigenvalue weighted by Crippen LogP contribution is 2.40. The van der Waals surface area contributed by atoms with Crippen molar-refractivity contribution in [3.05, 3.63) is 59.4 Å². The summed E-state index contributed by atoms with van der Waals surface area (Å²) in [5, 5.41) is 4.81. The Morgan fingerprint density at radius 3 is 2.42 bits per heavy atom. The monoisotopic (exact) mass is 354 g/mol. The second-order valence-electron chi connectivity index (χ2n) is 5.36. The third-order valence-electron chi connectivity index (χ3n) is 3.84. The van der Waals surface area contributed by atoms with E-state index in [2.05, 4.69) is 4.98 Å². The number of benzene rings is 1. The van der Waals surface area contributed by atoms with Crippen LogP contribution in [0.1, 0.15) is 23.0 Å². The van der Waals surface area contributed by atoms with E-state index in [0.717, 1.165) is 12.1 Å². The maximum Gasteiger partial charge on any atom is 0.314 e. The maximum atomic E-state index is 14.0. The molecule has 2 atom stereocenters. The van der Waals surface area contributed by atoms with Crippen LogP contribution in [-0.4, -0.2) is 26.0 Å². The van der Waals surface area contributed by atoms with Crippen molar-refractivity contribution < 1.29 is 26.7 Å². The smallest absolute Gasteiger partial charge is 0.314 e. The lowest BCUT2D eigenvalue weighted by Gasteiger charge is -2.16. The first-order chi connectivity index (χ1) is 11.3. The van der Waals surface area contributed by atoms with Crippen LogP contribution in [0.25, 0.3) is 0 Å². The second-order valence-corrected chi connectivity index (χ2v) is 6.86. The molecule has 2 aromatic rings. The fourth-order valence-electron chi connectivity index (χ4n) is 2.80. The number of pyridine rings is 1. The Labute approximate surface area is 136 Å². The highest BCUT2D eigenvalue weighted by Gasteiger charge is 2.40. The van der Waals surface area contributed by atoms with E-state index in [9.17, 15) is 22.0 Å². The zero-order valence-electron chi connectivity index (χ0n) is 12.1. The molecule has 24 heavy (non-hydrogen) atoms. The van der Waals surface area contributed by atoms with Crippen LogP contribution in [0.3, 0.4) is 0 Å². The van der Waals surface area contributed by atoms with Gasteiger partial charge in [0.05, 0.1) is 12.5 Å². The number of primary sulfonamides is 1. The zero-order chi connectivity index (χ0) is 17.5. The molecule has 9 heteroatoms. The summed E-state index contributed by atoms with van der Waals surface area (Å²) >= 11 is 0. The number of aromatic nitrogens is 1. The van der Waals surface area contributed by atoms with Gasteiger partial charge in [-0.05, 0) is 29.3 Å². The van der Waals surface area contributed by atoms with Crippen LogP contribution in [0.5, 0.6) is 0 Å². The summed E-state index contributed by atoms with van der Waals surface area (Å²) in [6.45, 7) is -0.0774. The highest BCUT2D eigenvalue weighted by atomic mass is 32.2. The molecular formula is C15H12F2N2O4S. The Morgan fingerprint density at radius 1 is 1.21 bits per heavy atom. The molecule has 1 aliphatic rings. The summed E-state index contributed by atoms with van der Waals surface area (Å²) in [7, 11) is -4.54. The van der Waals surface area contributed by atoms with Gasteiger partial charge < -0.3 is 4.74 Å². The van der Waals surface area contributed by atoms with E-state index in [1.807, 2.05) is 0 Å². The van der Waals surface area contributed by atoms with Gasteiger partial charge in [-0.25, -0.2) is 22.3 Å². The minimum atomic E-state index is -4.54. The van der Waals surface area contributed by atoms with Gasteiger partial charge in [-0.1, -0.05) is 6.07 Å². The molecule has 0 radical (unpaired) electrons. The minimum absolute atomic E-state index is 0.0774. The molecule has 1 fully saturated rings. The fourth-order valence-corrected chi connectivity index (χ4v) is 3.47. The number of nitrogens with zero attached hydrogens (tertiary/aromatic N) is 1. The van der Waals surface area contributed by atoms with E-state index in [1.165, 1.54) is 12.4 Å². The molecule has 0 bridgehead atoms. The number of cyclic esters (lactones) is 1. The van der Waals surface area contributed by atoms with Gasteiger partial charge in [0.1, 0.15) is 11.6 Å². The average molecular weight is 354 g/mol. The molecule has 6 nitrogen and oxygen atoms in total. The number of ether oxygens (including phenoxy) is 1. The van der Waals surface area contributed by atoms with Gasteiger partial charge in [0.15, 0.2) is 4.90 Å². The van der Waals surface area contributed by atoms with Crippen molar-refractivity contribution in [1.29, 1.82) is 0 Å². The first kappa shape index (κ1) is 16.5. The lowest BCUT2D eigenvalue weighted by molar-refractivity contribution is -0.139. The van der Waals surface area contributed by atoms with E-state index >= 15 is 0 Å². The van der Waals surface area contributed by atoms with Crippen molar-refractivity contribution in [2.24, 2.45) is 5.14 Å². The molecule has 2 heterocycles. The molecule has 0 amide bonds. The van der Waals surface area contributed by atoms with Crippen LogP contribution in [0.4, 0.5) is 8.78 Å². The van der Waals surface area contributed by atoms with Crippen molar-refractivity contribution in [3.8, 4) is 0 Å².